The largest absolute Gasteiger partial charge is 0.472 e. The molecule has 0 spiro atoms. The van der Waals surface area contributed by atoms with Crippen LogP contribution in [0.1, 0.15) is 181 Å². The third-order valence-electron chi connectivity index (χ3n) is 8.50. The minimum Gasteiger partial charge on any atom is -0.462 e. The van der Waals surface area contributed by atoms with Gasteiger partial charge < -0.3 is 20.1 Å². The molecule has 0 saturated heterocycles. The average molecular weight is 742 g/mol. The quantitative estimate of drug-likeness (QED) is 0.0274. The van der Waals surface area contributed by atoms with Crippen molar-refractivity contribution in [2.24, 2.45) is 5.73 Å². The number of ether oxygens (including phenoxy) is 2. The highest BCUT2D eigenvalue weighted by Gasteiger charge is 2.26. The molecule has 298 valence electrons. The number of hydrogen-bond acceptors (Lipinski definition) is 8. The number of esters is 2. The van der Waals surface area contributed by atoms with Gasteiger partial charge in [0.1, 0.15) is 6.61 Å². The van der Waals surface area contributed by atoms with Crippen LogP contribution in [-0.2, 0) is 32.7 Å². The maximum absolute atomic E-state index is 12.6. The molecule has 2 unspecified atom stereocenters. The first kappa shape index (κ1) is 49.2. The van der Waals surface area contributed by atoms with E-state index in [1.807, 2.05) is 0 Å². The summed E-state index contributed by atoms with van der Waals surface area (Å²) in [5.41, 5.74) is 5.33. The number of phosphoric ester groups is 1. The molecule has 0 amide bonds. The summed E-state index contributed by atoms with van der Waals surface area (Å²) in [6.45, 7) is 3.65. The molecule has 0 rings (SSSR count). The van der Waals surface area contributed by atoms with Gasteiger partial charge in [-0.25, -0.2) is 4.57 Å². The summed E-state index contributed by atoms with van der Waals surface area (Å²) in [7, 11) is -4.37. The fourth-order valence-electron chi connectivity index (χ4n) is 5.41. The highest BCUT2D eigenvalue weighted by Crippen LogP contribution is 2.43. The highest BCUT2D eigenvalue weighted by molar-refractivity contribution is 7.47. The second kappa shape index (κ2) is 38.0. The van der Waals surface area contributed by atoms with Crippen molar-refractivity contribution in [2.45, 2.75) is 187 Å². The van der Waals surface area contributed by atoms with Gasteiger partial charge in [-0.1, -0.05) is 140 Å². The predicted octanol–water partition coefficient (Wildman–Crippen LogP) is 11.4. The Morgan fingerprint density at radius 3 is 1.57 bits per heavy atom. The number of hydrogen-bond donors (Lipinski definition) is 2. The Balaban J connectivity index is 4.16. The zero-order valence-corrected chi connectivity index (χ0v) is 33.5. The smallest absolute Gasteiger partial charge is 0.462 e. The van der Waals surface area contributed by atoms with Crippen LogP contribution in [0.3, 0.4) is 0 Å². The van der Waals surface area contributed by atoms with Gasteiger partial charge in [-0.2, -0.15) is 0 Å². The SMILES string of the molecule is CCCC/C=C\CCCCCCCC(=O)OCC(COP(=O)(O)OCCN)OC(=O)CCCCCCCCCCC/C=C\C/C=C\CCCCC. The van der Waals surface area contributed by atoms with Crippen molar-refractivity contribution in [1.29, 1.82) is 0 Å². The van der Waals surface area contributed by atoms with Crippen molar-refractivity contribution in [1.82, 2.24) is 0 Å². The van der Waals surface area contributed by atoms with E-state index in [4.69, 9.17) is 24.3 Å². The zero-order valence-electron chi connectivity index (χ0n) is 32.6. The summed E-state index contributed by atoms with van der Waals surface area (Å²) in [6, 6.07) is 0. The van der Waals surface area contributed by atoms with E-state index in [0.717, 1.165) is 77.0 Å². The van der Waals surface area contributed by atoms with Gasteiger partial charge in [0.2, 0.25) is 0 Å². The van der Waals surface area contributed by atoms with Crippen molar-refractivity contribution in [3.8, 4) is 0 Å². The predicted molar refractivity (Wildman–Crippen MR) is 210 cm³/mol. The zero-order chi connectivity index (χ0) is 37.5. The van der Waals surface area contributed by atoms with E-state index in [1.54, 1.807) is 0 Å². The summed E-state index contributed by atoms with van der Waals surface area (Å²) in [5, 5.41) is 0. The van der Waals surface area contributed by atoms with Gasteiger partial charge in [0.05, 0.1) is 13.2 Å². The molecule has 0 aromatic carbocycles. The Labute approximate surface area is 312 Å². The number of carbonyl (C=O) groups is 2. The normalized spacial score (nSPS) is 13.7. The molecule has 2 atom stereocenters. The van der Waals surface area contributed by atoms with Gasteiger partial charge in [-0.15, -0.1) is 0 Å². The molecule has 0 saturated carbocycles. The molecule has 0 radical (unpaired) electrons. The van der Waals surface area contributed by atoms with Crippen LogP contribution in [0.4, 0.5) is 0 Å². The molecule has 51 heavy (non-hydrogen) atoms. The van der Waals surface area contributed by atoms with Crippen molar-refractivity contribution in [3.63, 3.8) is 0 Å². The Morgan fingerprint density at radius 1 is 0.588 bits per heavy atom. The molecule has 0 fully saturated rings. The first-order chi connectivity index (χ1) is 24.8. The summed E-state index contributed by atoms with van der Waals surface area (Å²) in [5.74, 6) is -0.845. The lowest BCUT2D eigenvalue weighted by atomic mass is 10.1. The van der Waals surface area contributed by atoms with Crippen molar-refractivity contribution in [3.05, 3.63) is 36.5 Å². The van der Waals surface area contributed by atoms with E-state index >= 15 is 0 Å². The third-order valence-corrected chi connectivity index (χ3v) is 9.48. The average Bonchev–Trinajstić information content (AvgIpc) is 3.11. The van der Waals surface area contributed by atoms with Crippen LogP contribution in [0.15, 0.2) is 36.5 Å². The summed E-state index contributed by atoms with van der Waals surface area (Å²) >= 11 is 0. The number of carbonyl (C=O) groups excluding carboxylic acids is 2. The standard InChI is InChI=1S/C41H76NO8P/c1-3-5-7-9-11-13-15-16-17-18-19-20-21-22-24-26-28-30-32-34-41(44)50-39(38-49-51(45,46)48-36-35-42)37-47-40(43)33-31-29-27-25-23-14-12-10-8-6-4-2/h10-13,16-17,39H,3-9,14-15,18-38,42H2,1-2H3,(H,45,46)/b12-10-,13-11-,17-16-. The third kappa shape index (κ3) is 37.8. The van der Waals surface area contributed by atoms with Crippen LogP contribution in [0.25, 0.3) is 0 Å². The lowest BCUT2D eigenvalue weighted by molar-refractivity contribution is -0.161. The van der Waals surface area contributed by atoms with Gasteiger partial charge in [-0.05, 0) is 64.2 Å². The molecule has 0 heterocycles. The molecule has 3 N–H and O–H groups in total. The number of phosphoric acid groups is 1. The van der Waals surface area contributed by atoms with Crippen molar-refractivity contribution < 1.29 is 37.6 Å². The molecule has 0 aromatic heterocycles. The maximum Gasteiger partial charge on any atom is 0.472 e. The second-order valence-corrected chi connectivity index (χ2v) is 14.9. The highest BCUT2D eigenvalue weighted by atomic mass is 31.2. The molecular weight excluding hydrogens is 665 g/mol. The van der Waals surface area contributed by atoms with Gasteiger partial charge in [0.25, 0.3) is 0 Å². The van der Waals surface area contributed by atoms with Gasteiger partial charge in [-0.3, -0.25) is 18.6 Å². The second-order valence-electron chi connectivity index (χ2n) is 13.5. The molecular formula is C41H76NO8P. The van der Waals surface area contributed by atoms with E-state index in [1.165, 1.54) is 70.6 Å². The van der Waals surface area contributed by atoms with Gasteiger partial charge >= 0.3 is 19.8 Å². The Kier molecular flexibility index (Phi) is 36.7. The molecule has 0 aliphatic rings. The van der Waals surface area contributed by atoms with Crippen LogP contribution in [0.2, 0.25) is 0 Å². The van der Waals surface area contributed by atoms with E-state index in [9.17, 15) is 19.0 Å². The number of rotatable bonds is 38. The van der Waals surface area contributed by atoms with E-state index < -0.39 is 32.5 Å². The molecule has 0 aliphatic carbocycles. The van der Waals surface area contributed by atoms with Crippen molar-refractivity contribution in [2.75, 3.05) is 26.4 Å². The summed E-state index contributed by atoms with van der Waals surface area (Å²) in [4.78, 5) is 34.7. The Hall–Kier alpha value is -1.77. The summed E-state index contributed by atoms with van der Waals surface area (Å²) < 4.78 is 32.7. The monoisotopic (exact) mass is 742 g/mol. The van der Waals surface area contributed by atoms with Gasteiger partial charge in [0, 0.05) is 19.4 Å². The van der Waals surface area contributed by atoms with Crippen LogP contribution >= 0.6 is 7.82 Å². The number of nitrogens with two attached hydrogens (primary N) is 1. The van der Waals surface area contributed by atoms with E-state index in [0.29, 0.717) is 6.42 Å². The van der Waals surface area contributed by atoms with Crippen LogP contribution in [0, 0.1) is 0 Å². The van der Waals surface area contributed by atoms with Gasteiger partial charge in [0.15, 0.2) is 6.10 Å². The van der Waals surface area contributed by atoms with Crippen LogP contribution < -0.4 is 5.73 Å². The topological polar surface area (TPSA) is 134 Å². The Morgan fingerprint density at radius 2 is 1.04 bits per heavy atom. The fraction of sp³-hybridized carbons (Fsp3) is 0.805. The van der Waals surface area contributed by atoms with E-state index in [2.05, 4.69) is 50.3 Å². The maximum atomic E-state index is 12.6. The summed E-state index contributed by atoms with van der Waals surface area (Å²) in [6.07, 6.45) is 40.3. The van der Waals surface area contributed by atoms with Crippen molar-refractivity contribution >= 4 is 19.8 Å². The molecule has 9 nitrogen and oxygen atoms in total. The number of unbranched alkanes of at least 4 members (excludes halogenated alkanes) is 19. The lowest BCUT2D eigenvalue weighted by Gasteiger charge is -2.19. The minimum atomic E-state index is -4.37. The number of allylic oxidation sites excluding steroid dienone is 6. The van der Waals surface area contributed by atoms with Crippen LogP contribution in [0.5, 0.6) is 0 Å². The first-order valence-electron chi connectivity index (χ1n) is 20.5. The molecule has 0 bridgehead atoms. The first-order valence-corrected chi connectivity index (χ1v) is 22.0. The van der Waals surface area contributed by atoms with Crippen LogP contribution in [-0.4, -0.2) is 49.3 Å². The molecule has 10 heteroatoms. The van der Waals surface area contributed by atoms with E-state index in [-0.39, 0.29) is 32.6 Å². The lowest BCUT2D eigenvalue weighted by Crippen LogP contribution is -2.29. The molecule has 0 aliphatic heterocycles. The Bertz CT molecular complexity index is 939. The minimum absolute atomic E-state index is 0.0512. The fourth-order valence-corrected chi connectivity index (χ4v) is 6.17. The molecule has 0 aromatic rings.